The molecular weight excluding hydrogens is 206 g/mol. The first-order valence-corrected chi connectivity index (χ1v) is 5.28. The van der Waals surface area contributed by atoms with Gasteiger partial charge in [-0.2, -0.15) is 0 Å². The number of ether oxygens (including phenoxy) is 1. The van der Waals surface area contributed by atoms with Crippen molar-refractivity contribution in [3.63, 3.8) is 0 Å². The van der Waals surface area contributed by atoms with Crippen LogP contribution in [0.2, 0.25) is 0 Å². The van der Waals surface area contributed by atoms with E-state index in [0.29, 0.717) is 6.54 Å². The summed E-state index contributed by atoms with van der Waals surface area (Å²) in [6.07, 6.45) is 1.06. The number of hydrogen-bond donors (Lipinski definition) is 2. The monoisotopic (exact) mass is 223 g/mol. The van der Waals surface area contributed by atoms with E-state index in [0.717, 1.165) is 18.7 Å². The van der Waals surface area contributed by atoms with Crippen LogP contribution in [-0.2, 0) is 11.2 Å². The van der Waals surface area contributed by atoms with Gasteiger partial charge in [0.2, 0.25) is 0 Å². The van der Waals surface area contributed by atoms with Crippen molar-refractivity contribution in [2.24, 2.45) is 0 Å². The Morgan fingerprint density at radius 3 is 2.56 bits per heavy atom. The number of aliphatic carboxylic acids is 1. The van der Waals surface area contributed by atoms with Crippen LogP contribution in [0.25, 0.3) is 0 Å². The Balaban J connectivity index is 2.19. The predicted octanol–water partition coefficient (Wildman–Crippen LogP) is 1.30. The lowest BCUT2D eigenvalue weighted by atomic mass is 10.1. The zero-order valence-corrected chi connectivity index (χ0v) is 9.40. The molecule has 0 aliphatic rings. The van der Waals surface area contributed by atoms with Crippen molar-refractivity contribution in [3.8, 4) is 5.75 Å². The lowest BCUT2D eigenvalue weighted by Gasteiger charge is -2.04. The molecule has 1 aromatic carbocycles. The Kier molecular flexibility index (Phi) is 5.36. The minimum absolute atomic E-state index is 0.169. The fourth-order valence-electron chi connectivity index (χ4n) is 1.35. The van der Waals surface area contributed by atoms with E-state index in [2.05, 4.69) is 5.32 Å². The number of rotatable bonds is 7. The summed E-state index contributed by atoms with van der Waals surface area (Å²) >= 11 is 0. The third-order valence-corrected chi connectivity index (χ3v) is 2.27. The van der Waals surface area contributed by atoms with Gasteiger partial charge in [0.05, 0.1) is 13.5 Å². The minimum Gasteiger partial charge on any atom is -0.497 e. The van der Waals surface area contributed by atoms with Crippen molar-refractivity contribution >= 4 is 5.97 Å². The number of methoxy groups -OCH3 is 1. The maximum absolute atomic E-state index is 10.2. The van der Waals surface area contributed by atoms with Gasteiger partial charge in [-0.05, 0) is 30.7 Å². The molecule has 0 bridgehead atoms. The van der Waals surface area contributed by atoms with E-state index in [4.69, 9.17) is 9.84 Å². The van der Waals surface area contributed by atoms with Gasteiger partial charge in [-0.25, -0.2) is 0 Å². The topological polar surface area (TPSA) is 58.6 Å². The fraction of sp³-hybridized carbons (Fsp3) is 0.417. The molecule has 0 unspecified atom stereocenters. The molecule has 16 heavy (non-hydrogen) atoms. The van der Waals surface area contributed by atoms with Crippen LogP contribution in [0.1, 0.15) is 12.0 Å². The number of benzene rings is 1. The fourth-order valence-corrected chi connectivity index (χ4v) is 1.35. The summed E-state index contributed by atoms with van der Waals surface area (Å²) in [5.41, 5.74) is 1.21. The second kappa shape index (κ2) is 6.85. The smallest absolute Gasteiger partial charge is 0.304 e. The number of hydrogen-bond acceptors (Lipinski definition) is 3. The van der Waals surface area contributed by atoms with E-state index in [1.807, 2.05) is 24.3 Å². The van der Waals surface area contributed by atoms with Crippen LogP contribution in [0.3, 0.4) is 0 Å². The first kappa shape index (κ1) is 12.5. The quantitative estimate of drug-likeness (QED) is 0.684. The molecule has 4 heteroatoms. The molecule has 0 aromatic heterocycles. The SMILES string of the molecule is COc1ccc(CCNCCC(=O)O)cc1. The van der Waals surface area contributed by atoms with Gasteiger partial charge in [0.15, 0.2) is 0 Å². The zero-order chi connectivity index (χ0) is 11.8. The lowest BCUT2D eigenvalue weighted by Crippen LogP contribution is -2.20. The number of nitrogens with one attached hydrogen (secondary N) is 1. The molecule has 0 spiro atoms. The first-order valence-electron chi connectivity index (χ1n) is 5.28. The van der Waals surface area contributed by atoms with Crippen LogP contribution in [-0.4, -0.2) is 31.3 Å². The van der Waals surface area contributed by atoms with Crippen LogP contribution < -0.4 is 10.1 Å². The second-order valence-electron chi connectivity index (χ2n) is 3.49. The van der Waals surface area contributed by atoms with Crippen LogP contribution in [0, 0.1) is 0 Å². The predicted molar refractivity (Wildman–Crippen MR) is 61.8 cm³/mol. The van der Waals surface area contributed by atoms with Gasteiger partial charge in [-0.15, -0.1) is 0 Å². The average Bonchev–Trinajstić information content (AvgIpc) is 2.29. The Morgan fingerprint density at radius 2 is 2.00 bits per heavy atom. The standard InChI is InChI=1S/C12H17NO3/c1-16-11-4-2-10(3-5-11)6-8-13-9-7-12(14)15/h2-5,13H,6-9H2,1H3,(H,14,15). The van der Waals surface area contributed by atoms with Gasteiger partial charge < -0.3 is 15.2 Å². The summed E-state index contributed by atoms with van der Waals surface area (Å²) in [7, 11) is 1.64. The van der Waals surface area contributed by atoms with Crippen molar-refractivity contribution in [3.05, 3.63) is 29.8 Å². The normalized spacial score (nSPS) is 10.1. The maximum Gasteiger partial charge on any atom is 0.304 e. The summed E-state index contributed by atoms with van der Waals surface area (Å²) in [6.45, 7) is 1.31. The van der Waals surface area contributed by atoms with Crippen LogP contribution in [0.15, 0.2) is 24.3 Å². The van der Waals surface area contributed by atoms with E-state index in [1.165, 1.54) is 5.56 Å². The van der Waals surface area contributed by atoms with Gasteiger partial charge >= 0.3 is 5.97 Å². The highest BCUT2D eigenvalue weighted by Gasteiger charge is 1.97. The summed E-state index contributed by atoms with van der Waals surface area (Å²) in [4.78, 5) is 10.2. The molecule has 0 saturated heterocycles. The minimum atomic E-state index is -0.767. The zero-order valence-electron chi connectivity index (χ0n) is 9.40. The molecule has 1 rings (SSSR count). The van der Waals surface area contributed by atoms with Crippen molar-refractivity contribution in [1.82, 2.24) is 5.32 Å². The Hall–Kier alpha value is -1.55. The molecule has 88 valence electrons. The molecule has 0 aliphatic carbocycles. The summed E-state index contributed by atoms with van der Waals surface area (Å²) in [5.74, 6) is 0.0829. The molecule has 0 atom stereocenters. The van der Waals surface area contributed by atoms with E-state index >= 15 is 0 Å². The highest BCUT2D eigenvalue weighted by Crippen LogP contribution is 2.11. The van der Waals surface area contributed by atoms with Gasteiger partial charge in [0.1, 0.15) is 5.75 Å². The van der Waals surface area contributed by atoms with Crippen molar-refractivity contribution in [2.45, 2.75) is 12.8 Å². The molecule has 0 amide bonds. The number of carbonyl (C=O) groups is 1. The summed E-state index contributed by atoms with van der Waals surface area (Å²) < 4.78 is 5.06. The van der Waals surface area contributed by atoms with E-state index in [1.54, 1.807) is 7.11 Å². The molecule has 0 heterocycles. The van der Waals surface area contributed by atoms with E-state index < -0.39 is 5.97 Å². The highest BCUT2D eigenvalue weighted by atomic mass is 16.5. The molecule has 4 nitrogen and oxygen atoms in total. The molecule has 0 saturated carbocycles. The molecule has 0 radical (unpaired) electrons. The van der Waals surface area contributed by atoms with E-state index in [-0.39, 0.29) is 6.42 Å². The van der Waals surface area contributed by atoms with Gasteiger partial charge in [0.25, 0.3) is 0 Å². The Labute approximate surface area is 95.2 Å². The van der Waals surface area contributed by atoms with Gasteiger partial charge in [0, 0.05) is 6.54 Å². The third-order valence-electron chi connectivity index (χ3n) is 2.27. The van der Waals surface area contributed by atoms with Crippen LogP contribution >= 0.6 is 0 Å². The maximum atomic E-state index is 10.2. The van der Waals surface area contributed by atoms with Crippen molar-refractivity contribution in [1.29, 1.82) is 0 Å². The van der Waals surface area contributed by atoms with Gasteiger partial charge in [-0.1, -0.05) is 12.1 Å². The van der Waals surface area contributed by atoms with Crippen LogP contribution in [0.5, 0.6) is 5.75 Å². The third kappa shape index (κ3) is 4.79. The van der Waals surface area contributed by atoms with Crippen LogP contribution in [0.4, 0.5) is 0 Å². The molecule has 2 N–H and O–H groups in total. The Bertz CT molecular complexity index is 322. The highest BCUT2D eigenvalue weighted by molar-refractivity contribution is 5.66. The largest absolute Gasteiger partial charge is 0.497 e. The molecule has 0 fully saturated rings. The second-order valence-corrected chi connectivity index (χ2v) is 3.49. The number of carboxylic acid groups (broad SMARTS) is 1. The van der Waals surface area contributed by atoms with Crippen molar-refractivity contribution in [2.75, 3.05) is 20.2 Å². The first-order chi connectivity index (χ1) is 7.72. The van der Waals surface area contributed by atoms with E-state index in [9.17, 15) is 4.79 Å². The number of carboxylic acids is 1. The summed E-state index contributed by atoms with van der Waals surface area (Å²) in [5, 5.41) is 11.5. The molecule has 0 aliphatic heterocycles. The average molecular weight is 223 g/mol. The van der Waals surface area contributed by atoms with Gasteiger partial charge in [-0.3, -0.25) is 4.79 Å². The summed E-state index contributed by atoms with van der Waals surface area (Å²) in [6, 6.07) is 7.87. The lowest BCUT2D eigenvalue weighted by molar-refractivity contribution is -0.136. The Morgan fingerprint density at radius 1 is 1.31 bits per heavy atom. The van der Waals surface area contributed by atoms with Crippen molar-refractivity contribution < 1.29 is 14.6 Å². The molecule has 1 aromatic rings. The molecular formula is C12H17NO3.